The Morgan fingerprint density at radius 1 is 1.11 bits per heavy atom. The van der Waals surface area contributed by atoms with Gasteiger partial charge in [0, 0.05) is 12.8 Å². The average molecular weight is 252 g/mol. The molecule has 1 aliphatic carbocycles. The van der Waals surface area contributed by atoms with Crippen LogP contribution in [0, 0.1) is 11.8 Å². The molecule has 1 heterocycles. The normalized spacial score (nSPS) is 24.6. The predicted molar refractivity (Wildman–Crippen MR) is 74.7 cm³/mol. The quantitative estimate of drug-likeness (QED) is 0.760. The van der Waals surface area contributed by atoms with E-state index in [1.54, 1.807) is 0 Å². The number of Topliss-reactive ketones (excluding diaryl/α,β-unsaturated/α-hetero) is 1. The summed E-state index contributed by atoms with van der Waals surface area (Å²) in [4.78, 5) is 13.6. The monoisotopic (exact) mass is 252 g/mol. The highest BCUT2D eigenvalue weighted by Gasteiger charge is 2.19. The van der Waals surface area contributed by atoms with E-state index in [1.807, 2.05) is 0 Å². The minimum atomic E-state index is 0.470. The Kier molecular flexibility index (Phi) is 5.64. The van der Waals surface area contributed by atoms with Crippen molar-refractivity contribution >= 4 is 5.78 Å². The number of nitrogens with one attached hydrogen (secondary N) is 1. The molecule has 0 aromatic rings. The van der Waals surface area contributed by atoms with Crippen LogP contribution in [0.5, 0.6) is 0 Å². The van der Waals surface area contributed by atoms with Crippen molar-refractivity contribution in [3.05, 3.63) is 0 Å². The molecule has 0 bridgehead atoms. The molecule has 104 valence electrons. The maximum atomic E-state index is 11.1. The number of hydrogen-bond donors (Lipinski definition) is 1. The van der Waals surface area contributed by atoms with Gasteiger partial charge >= 0.3 is 0 Å². The molecule has 18 heavy (non-hydrogen) atoms. The first-order valence-corrected chi connectivity index (χ1v) is 7.65. The first-order chi connectivity index (χ1) is 8.74. The van der Waals surface area contributed by atoms with Crippen molar-refractivity contribution in [1.29, 1.82) is 0 Å². The summed E-state index contributed by atoms with van der Waals surface area (Å²) in [6.45, 7) is 4.84. The fourth-order valence-electron chi connectivity index (χ4n) is 3.17. The van der Waals surface area contributed by atoms with Crippen LogP contribution in [0.25, 0.3) is 0 Å². The van der Waals surface area contributed by atoms with Gasteiger partial charge in [-0.15, -0.1) is 0 Å². The Hall–Kier alpha value is -0.410. The van der Waals surface area contributed by atoms with Crippen molar-refractivity contribution in [2.24, 2.45) is 11.8 Å². The van der Waals surface area contributed by atoms with E-state index in [9.17, 15) is 4.79 Å². The van der Waals surface area contributed by atoms with Gasteiger partial charge in [-0.25, -0.2) is 0 Å². The van der Waals surface area contributed by atoms with Gasteiger partial charge in [-0.3, -0.25) is 4.79 Å². The van der Waals surface area contributed by atoms with Gasteiger partial charge in [-0.05, 0) is 77.2 Å². The summed E-state index contributed by atoms with van der Waals surface area (Å²) in [7, 11) is 2.22. The summed E-state index contributed by atoms with van der Waals surface area (Å²) in [5, 5.41) is 3.60. The number of carbonyl (C=O) groups excluding carboxylic acids is 1. The molecular weight excluding hydrogens is 224 g/mol. The van der Waals surface area contributed by atoms with Gasteiger partial charge in [0.25, 0.3) is 0 Å². The topological polar surface area (TPSA) is 32.3 Å². The zero-order valence-corrected chi connectivity index (χ0v) is 11.8. The van der Waals surface area contributed by atoms with Crippen LogP contribution >= 0.6 is 0 Å². The Morgan fingerprint density at radius 2 is 1.78 bits per heavy atom. The van der Waals surface area contributed by atoms with Crippen LogP contribution in [0.15, 0.2) is 0 Å². The second kappa shape index (κ2) is 7.25. The van der Waals surface area contributed by atoms with E-state index in [0.29, 0.717) is 5.78 Å². The zero-order chi connectivity index (χ0) is 12.8. The molecule has 0 atom stereocenters. The van der Waals surface area contributed by atoms with Gasteiger partial charge in [0.1, 0.15) is 5.78 Å². The van der Waals surface area contributed by atoms with Crippen LogP contribution in [0.2, 0.25) is 0 Å². The summed E-state index contributed by atoms with van der Waals surface area (Å²) in [6, 6.07) is 0. The molecule has 0 spiro atoms. The Balaban J connectivity index is 1.49. The van der Waals surface area contributed by atoms with Crippen LogP contribution in [0.3, 0.4) is 0 Å². The lowest BCUT2D eigenvalue weighted by Crippen LogP contribution is -2.32. The molecule has 0 aromatic heterocycles. The number of likely N-dealkylation sites (tertiary alicyclic amines) is 1. The molecule has 3 heteroatoms. The van der Waals surface area contributed by atoms with Crippen molar-refractivity contribution in [3.63, 3.8) is 0 Å². The molecule has 0 unspecified atom stereocenters. The van der Waals surface area contributed by atoms with E-state index in [2.05, 4.69) is 17.3 Å². The second-order valence-electron chi connectivity index (χ2n) is 6.22. The highest BCUT2D eigenvalue weighted by atomic mass is 16.1. The largest absolute Gasteiger partial charge is 0.316 e. The molecule has 2 fully saturated rings. The summed E-state index contributed by atoms with van der Waals surface area (Å²) >= 11 is 0. The first-order valence-electron chi connectivity index (χ1n) is 7.65. The molecule has 1 N–H and O–H groups in total. The molecular formula is C15H28N2O. The molecule has 0 aromatic carbocycles. The number of piperidine rings is 1. The third-order valence-electron chi connectivity index (χ3n) is 4.66. The lowest BCUT2D eigenvalue weighted by atomic mass is 9.88. The zero-order valence-electron chi connectivity index (χ0n) is 11.8. The molecule has 1 saturated heterocycles. The van der Waals surface area contributed by atoms with Gasteiger partial charge in [0.15, 0.2) is 0 Å². The van der Waals surface area contributed by atoms with E-state index in [-0.39, 0.29) is 0 Å². The lowest BCUT2D eigenvalue weighted by Gasteiger charge is -2.29. The van der Waals surface area contributed by atoms with Gasteiger partial charge in [-0.1, -0.05) is 0 Å². The van der Waals surface area contributed by atoms with Crippen LogP contribution in [-0.4, -0.2) is 43.9 Å². The lowest BCUT2D eigenvalue weighted by molar-refractivity contribution is -0.120. The van der Waals surface area contributed by atoms with Gasteiger partial charge in [0.05, 0.1) is 0 Å². The Labute approximate surface area is 111 Å². The highest BCUT2D eigenvalue weighted by Crippen LogP contribution is 2.21. The van der Waals surface area contributed by atoms with Gasteiger partial charge < -0.3 is 10.2 Å². The van der Waals surface area contributed by atoms with Crippen LogP contribution < -0.4 is 5.32 Å². The van der Waals surface area contributed by atoms with Crippen molar-refractivity contribution in [2.75, 3.05) is 33.2 Å². The number of nitrogens with zero attached hydrogens (tertiary/aromatic N) is 1. The summed E-state index contributed by atoms with van der Waals surface area (Å²) in [5.41, 5.74) is 0. The van der Waals surface area contributed by atoms with Crippen LogP contribution in [0.4, 0.5) is 0 Å². The molecule has 2 rings (SSSR count). The van der Waals surface area contributed by atoms with Crippen molar-refractivity contribution in [2.45, 2.75) is 44.9 Å². The third-order valence-corrected chi connectivity index (χ3v) is 4.66. The minimum Gasteiger partial charge on any atom is -0.316 e. The van der Waals surface area contributed by atoms with Crippen molar-refractivity contribution in [3.8, 4) is 0 Å². The number of ketones is 1. The summed E-state index contributed by atoms with van der Waals surface area (Å²) in [5.74, 6) is 2.15. The fraction of sp³-hybridized carbons (Fsp3) is 0.933. The average Bonchev–Trinajstić information content (AvgIpc) is 2.39. The highest BCUT2D eigenvalue weighted by molar-refractivity contribution is 5.79. The standard InChI is InChI=1S/C15H28N2O/c1-17-10-7-13(8-11-17)6-9-16-12-14-2-4-15(18)5-3-14/h13-14,16H,2-12H2,1H3. The van der Waals surface area contributed by atoms with Crippen molar-refractivity contribution in [1.82, 2.24) is 10.2 Å². The van der Waals surface area contributed by atoms with E-state index in [0.717, 1.165) is 44.1 Å². The van der Waals surface area contributed by atoms with Crippen LogP contribution in [0.1, 0.15) is 44.9 Å². The molecule has 1 aliphatic heterocycles. The summed E-state index contributed by atoms with van der Waals surface area (Å²) < 4.78 is 0. The molecule has 0 amide bonds. The minimum absolute atomic E-state index is 0.470. The smallest absolute Gasteiger partial charge is 0.132 e. The van der Waals surface area contributed by atoms with Crippen molar-refractivity contribution < 1.29 is 4.79 Å². The maximum Gasteiger partial charge on any atom is 0.132 e. The molecule has 0 radical (unpaired) electrons. The van der Waals surface area contributed by atoms with Crippen LogP contribution in [-0.2, 0) is 4.79 Å². The van der Waals surface area contributed by atoms with E-state index in [4.69, 9.17) is 0 Å². The molecule has 1 saturated carbocycles. The second-order valence-corrected chi connectivity index (χ2v) is 6.22. The fourth-order valence-corrected chi connectivity index (χ4v) is 3.17. The predicted octanol–water partition coefficient (Wildman–Crippen LogP) is 2.07. The summed E-state index contributed by atoms with van der Waals surface area (Å²) in [6.07, 6.45) is 7.94. The van der Waals surface area contributed by atoms with Gasteiger partial charge in [-0.2, -0.15) is 0 Å². The third kappa shape index (κ3) is 4.69. The van der Waals surface area contributed by atoms with E-state index in [1.165, 1.54) is 38.9 Å². The SMILES string of the molecule is CN1CCC(CCNCC2CCC(=O)CC2)CC1. The number of rotatable bonds is 5. The van der Waals surface area contributed by atoms with E-state index >= 15 is 0 Å². The molecule has 3 nitrogen and oxygen atoms in total. The number of carbonyl (C=O) groups is 1. The number of hydrogen-bond acceptors (Lipinski definition) is 3. The Morgan fingerprint density at radius 3 is 2.44 bits per heavy atom. The van der Waals surface area contributed by atoms with Gasteiger partial charge in [0.2, 0.25) is 0 Å². The molecule has 2 aliphatic rings. The Bertz CT molecular complexity index is 249. The first kappa shape index (κ1) is 14.0. The maximum absolute atomic E-state index is 11.1. The van der Waals surface area contributed by atoms with E-state index < -0.39 is 0 Å².